The number of benzene rings is 2. The monoisotopic (exact) mass is 332 g/mol. The van der Waals surface area contributed by atoms with Crippen molar-refractivity contribution in [2.75, 3.05) is 17.7 Å². The maximum absolute atomic E-state index is 12.0. The van der Waals surface area contributed by atoms with Gasteiger partial charge in [0.2, 0.25) is 0 Å². The van der Waals surface area contributed by atoms with E-state index in [0.29, 0.717) is 22.1 Å². The van der Waals surface area contributed by atoms with Crippen LogP contribution in [0.15, 0.2) is 42.5 Å². The summed E-state index contributed by atoms with van der Waals surface area (Å²) in [4.78, 5) is 24.0. The third-order valence-corrected chi connectivity index (χ3v) is 3.47. The minimum atomic E-state index is -0.801. The van der Waals surface area contributed by atoms with Gasteiger partial charge in [0, 0.05) is 10.7 Å². The maximum Gasteiger partial charge on any atom is 0.314 e. The number of carbonyl (C=O) groups excluding carboxylic acids is 2. The Balaban J connectivity index is 2.05. The van der Waals surface area contributed by atoms with E-state index in [-0.39, 0.29) is 0 Å². The van der Waals surface area contributed by atoms with Crippen LogP contribution < -0.4 is 15.4 Å². The fourth-order valence-electron chi connectivity index (χ4n) is 1.97. The van der Waals surface area contributed by atoms with Crippen molar-refractivity contribution in [2.45, 2.75) is 13.3 Å². The number of rotatable bonds is 4. The van der Waals surface area contributed by atoms with Gasteiger partial charge < -0.3 is 15.4 Å². The summed E-state index contributed by atoms with van der Waals surface area (Å²) in [5, 5.41) is 5.45. The first-order valence-electron chi connectivity index (χ1n) is 7.08. The molecule has 120 valence electrons. The summed E-state index contributed by atoms with van der Waals surface area (Å²) in [6.45, 7) is 2.04. The van der Waals surface area contributed by atoms with Gasteiger partial charge in [-0.3, -0.25) is 9.59 Å². The first kappa shape index (κ1) is 16.8. The lowest BCUT2D eigenvalue weighted by Gasteiger charge is -2.10. The molecule has 0 aliphatic heterocycles. The topological polar surface area (TPSA) is 67.4 Å². The van der Waals surface area contributed by atoms with Crippen LogP contribution >= 0.6 is 11.6 Å². The molecule has 2 aromatic rings. The summed E-state index contributed by atoms with van der Waals surface area (Å²) in [6.07, 6.45) is 0.906. The molecule has 0 unspecified atom stereocenters. The van der Waals surface area contributed by atoms with Gasteiger partial charge in [-0.15, -0.1) is 0 Å². The molecule has 0 heterocycles. The molecule has 0 aliphatic rings. The highest BCUT2D eigenvalue weighted by atomic mass is 35.5. The predicted molar refractivity (Wildman–Crippen MR) is 91.1 cm³/mol. The summed E-state index contributed by atoms with van der Waals surface area (Å²) in [7, 11) is 1.47. The fraction of sp³-hybridized carbons (Fsp3) is 0.176. The molecule has 2 rings (SSSR count). The van der Waals surface area contributed by atoms with E-state index < -0.39 is 11.8 Å². The van der Waals surface area contributed by atoms with Crippen LogP contribution in [0.5, 0.6) is 5.75 Å². The van der Waals surface area contributed by atoms with Crippen molar-refractivity contribution in [2.24, 2.45) is 0 Å². The molecule has 0 radical (unpaired) electrons. The first-order chi connectivity index (χ1) is 11.0. The number of ether oxygens (including phenoxy) is 1. The molecule has 0 bridgehead atoms. The molecular formula is C17H17ClN2O3. The molecule has 0 fully saturated rings. The summed E-state index contributed by atoms with van der Waals surface area (Å²) in [5.41, 5.74) is 2.04. The quantitative estimate of drug-likeness (QED) is 0.842. The minimum absolute atomic E-state index is 0.335. The molecule has 0 spiro atoms. The Morgan fingerprint density at radius 3 is 2.30 bits per heavy atom. The highest BCUT2D eigenvalue weighted by Crippen LogP contribution is 2.27. The van der Waals surface area contributed by atoms with Crippen LogP contribution in [0.2, 0.25) is 5.02 Å². The number of hydrogen-bond acceptors (Lipinski definition) is 3. The number of halogens is 1. The molecule has 2 amide bonds. The Morgan fingerprint density at radius 1 is 1.04 bits per heavy atom. The second-order valence-corrected chi connectivity index (χ2v) is 5.24. The maximum atomic E-state index is 12.0. The van der Waals surface area contributed by atoms with Crippen molar-refractivity contribution < 1.29 is 14.3 Å². The Morgan fingerprint density at radius 2 is 1.70 bits per heavy atom. The van der Waals surface area contributed by atoms with E-state index in [9.17, 15) is 9.59 Å². The summed E-state index contributed by atoms with van der Waals surface area (Å²) in [6, 6.07) is 12.1. The van der Waals surface area contributed by atoms with Gasteiger partial charge in [0.15, 0.2) is 0 Å². The van der Waals surface area contributed by atoms with Crippen LogP contribution in [-0.4, -0.2) is 18.9 Å². The first-order valence-corrected chi connectivity index (χ1v) is 7.46. The minimum Gasteiger partial charge on any atom is -0.495 e. The highest BCUT2D eigenvalue weighted by Gasteiger charge is 2.16. The van der Waals surface area contributed by atoms with E-state index in [2.05, 4.69) is 10.6 Å². The molecule has 2 N–H and O–H groups in total. The largest absolute Gasteiger partial charge is 0.495 e. The van der Waals surface area contributed by atoms with E-state index in [4.69, 9.17) is 16.3 Å². The van der Waals surface area contributed by atoms with E-state index in [0.717, 1.165) is 12.0 Å². The number of aryl methyl sites for hydroxylation is 1. The zero-order valence-corrected chi connectivity index (χ0v) is 13.6. The zero-order chi connectivity index (χ0) is 16.8. The van der Waals surface area contributed by atoms with E-state index in [1.807, 2.05) is 19.1 Å². The van der Waals surface area contributed by atoms with Crippen molar-refractivity contribution in [1.82, 2.24) is 0 Å². The number of hydrogen-bond donors (Lipinski definition) is 2. The lowest BCUT2D eigenvalue weighted by Crippen LogP contribution is -2.29. The Labute approximate surface area is 139 Å². The molecule has 23 heavy (non-hydrogen) atoms. The molecule has 5 nitrogen and oxygen atoms in total. The van der Waals surface area contributed by atoms with Gasteiger partial charge in [0.05, 0.1) is 12.8 Å². The van der Waals surface area contributed by atoms with E-state index >= 15 is 0 Å². The lowest BCUT2D eigenvalue weighted by molar-refractivity contribution is -0.133. The van der Waals surface area contributed by atoms with E-state index in [1.54, 1.807) is 24.3 Å². The smallest absolute Gasteiger partial charge is 0.314 e. The number of amides is 2. The second-order valence-electron chi connectivity index (χ2n) is 4.80. The van der Waals surface area contributed by atoms with Crippen LogP contribution in [-0.2, 0) is 16.0 Å². The second kappa shape index (κ2) is 7.65. The molecule has 0 aromatic heterocycles. The van der Waals surface area contributed by atoms with Gasteiger partial charge in [0.1, 0.15) is 5.75 Å². The lowest BCUT2D eigenvalue weighted by atomic mass is 10.1. The van der Waals surface area contributed by atoms with Gasteiger partial charge in [-0.1, -0.05) is 30.7 Å². The number of nitrogens with one attached hydrogen (secondary N) is 2. The van der Waals surface area contributed by atoms with Crippen molar-refractivity contribution >= 4 is 34.8 Å². The van der Waals surface area contributed by atoms with Gasteiger partial charge in [0.25, 0.3) is 0 Å². The van der Waals surface area contributed by atoms with Gasteiger partial charge in [-0.25, -0.2) is 0 Å². The van der Waals surface area contributed by atoms with Crippen molar-refractivity contribution in [1.29, 1.82) is 0 Å². The zero-order valence-electron chi connectivity index (χ0n) is 12.9. The number of methoxy groups -OCH3 is 1. The van der Waals surface area contributed by atoms with Gasteiger partial charge >= 0.3 is 11.8 Å². The average Bonchev–Trinajstić information content (AvgIpc) is 2.55. The van der Waals surface area contributed by atoms with Crippen molar-refractivity contribution in [3.05, 3.63) is 53.1 Å². The number of anilines is 2. The fourth-order valence-corrected chi connectivity index (χ4v) is 2.14. The third-order valence-electron chi connectivity index (χ3n) is 3.24. The van der Waals surface area contributed by atoms with Crippen molar-refractivity contribution in [3.63, 3.8) is 0 Å². The van der Waals surface area contributed by atoms with Gasteiger partial charge in [-0.05, 0) is 42.3 Å². The third kappa shape index (κ3) is 4.47. The van der Waals surface area contributed by atoms with Crippen LogP contribution in [0.1, 0.15) is 12.5 Å². The molecule has 2 aromatic carbocycles. The van der Waals surface area contributed by atoms with Gasteiger partial charge in [-0.2, -0.15) is 0 Å². The predicted octanol–water partition coefficient (Wildman–Crippen LogP) is 3.49. The molecule has 6 heteroatoms. The summed E-state index contributed by atoms with van der Waals surface area (Å²) in [5.74, 6) is -1.15. The molecule has 0 saturated heterocycles. The van der Waals surface area contributed by atoms with Crippen LogP contribution in [0.4, 0.5) is 11.4 Å². The summed E-state index contributed by atoms with van der Waals surface area (Å²) >= 11 is 5.89. The van der Waals surface area contributed by atoms with Crippen LogP contribution in [0.3, 0.4) is 0 Å². The molecule has 0 aliphatic carbocycles. The Bertz CT molecular complexity index is 714. The standard InChI is InChI=1S/C17H17ClN2O3/c1-3-11-4-7-13(8-5-11)19-16(21)17(22)20-14-10-12(18)6-9-15(14)23-2/h4-10H,3H2,1-2H3,(H,19,21)(H,20,22). The average molecular weight is 333 g/mol. The highest BCUT2D eigenvalue weighted by molar-refractivity contribution is 6.44. The SMILES string of the molecule is CCc1ccc(NC(=O)C(=O)Nc2cc(Cl)ccc2OC)cc1. The van der Waals surface area contributed by atoms with Crippen molar-refractivity contribution in [3.8, 4) is 5.75 Å². The van der Waals surface area contributed by atoms with Crippen LogP contribution in [0, 0.1) is 0 Å². The number of carbonyl (C=O) groups is 2. The summed E-state index contributed by atoms with van der Waals surface area (Å²) < 4.78 is 5.12. The van der Waals surface area contributed by atoms with Crippen LogP contribution in [0.25, 0.3) is 0 Å². The Kier molecular flexibility index (Phi) is 5.60. The normalized spacial score (nSPS) is 10.0. The molecular weight excluding hydrogens is 316 g/mol. The molecule has 0 atom stereocenters. The Hall–Kier alpha value is -2.53. The van der Waals surface area contributed by atoms with E-state index in [1.165, 1.54) is 13.2 Å². The molecule has 0 saturated carbocycles.